The summed E-state index contributed by atoms with van der Waals surface area (Å²) in [7, 11) is 0. The van der Waals surface area contributed by atoms with Gasteiger partial charge in [0.25, 0.3) is 0 Å². The summed E-state index contributed by atoms with van der Waals surface area (Å²) in [5.41, 5.74) is -0.318. The van der Waals surface area contributed by atoms with E-state index in [1.807, 2.05) is 60.7 Å². The van der Waals surface area contributed by atoms with Crippen LogP contribution in [0.3, 0.4) is 0 Å². The van der Waals surface area contributed by atoms with E-state index in [1.54, 1.807) is 0 Å². The van der Waals surface area contributed by atoms with Crippen LogP contribution in [0.15, 0.2) is 60.7 Å². The molecule has 1 atom stereocenters. The maximum absolute atomic E-state index is 14.2. The number of hydrogen-bond donors (Lipinski definition) is 1. The highest BCUT2D eigenvalue weighted by atomic mass is 19.1. The van der Waals surface area contributed by atoms with Crippen molar-refractivity contribution in [2.75, 3.05) is 13.1 Å². The van der Waals surface area contributed by atoms with E-state index in [0.29, 0.717) is 0 Å². The normalized spacial score (nSPS) is 20.0. The molecule has 1 fully saturated rings. The van der Waals surface area contributed by atoms with Crippen LogP contribution in [0.2, 0.25) is 0 Å². The van der Waals surface area contributed by atoms with Crippen LogP contribution in [0.4, 0.5) is 4.39 Å². The lowest BCUT2D eigenvalue weighted by molar-refractivity contribution is -0.150. The van der Waals surface area contributed by atoms with E-state index >= 15 is 0 Å². The summed E-state index contributed by atoms with van der Waals surface area (Å²) < 4.78 is 14.2. The lowest BCUT2D eigenvalue weighted by Gasteiger charge is -2.22. The van der Waals surface area contributed by atoms with E-state index in [4.69, 9.17) is 5.11 Å². The Labute approximate surface area is 145 Å². The Morgan fingerprint density at radius 1 is 1.04 bits per heavy atom. The van der Waals surface area contributed by atoms with Gasteiger partial charge in [0.05, 0.1) is 6.54 Å². The van der Waals surface area contributed by atoms with Crippen molar-refractivity contribution in [3.8, 4) is 0 Å². The lowest BCUT2D eigenvalue weighted by Crippen LogP contribution is -2.39. The molecule has 130 valence electrons. The van der Waals surface area contributed by atoms with Crippen molar-refractivity contribution in [2.24, 2.45) is 0 Å². The Hall–Kier alpha value is -2.69. The Morgan fingerprint density at radius 3 is 2.00 bits per heavy atom. The molecule has 3 rings (SSSR count). The maximum atomic E-state index is 14.2. The quantitative estimate of drug-likeness (QED) is 0.908. The van der Waals surface area contributed by atoms with Crippen LogP contribution in [0, 0.1) is 0 Å². The highest BCUT2D eigenvalue weighted by Crippen LogP contribution is 2.31. The highest BCUT2D eigenvalue weighted by molar-refractivity contribution is 5.83. The van der Waals surface area contributed by atoms with Gasteiger partial charge in [0.1, 0.15) is 0 Å². The van der Waals surface area contributed by atoms with Crippen molar-refractivity contribution >= 4 is 11.9 Å². The Morgan fingerprint density at radius 2 is 1.56 bits per heavy atom. The van der Waals surface area contributed by atoms with Crippen LogP contribution >= 0.6 is 0 Å². The Balaban J connectivity index is 1.80. The van der Waals surface area contributed by atoms with Crippen molar-refractivity contribution in [1.29, 1.82) is 0 Å². The molecule has 5 heteroatoms. The summed E-state index contributed by atoms with van der Waals surface area (Å²) in [6.45, 7) is -0.241. The van der Waals surface area contributed by atoms with Gasteiger partial charge in [-0.3, -0.25) is 4.79 Å². The number of alkyl halides is 1. The van der Waals surface area contributed by atoms with Gasteiger partial charge in [-0.05, 0) is 11.1 Å². The van der Waals surface area contributed by atoms with E-state index in [-0.39, 0.29) is 37.8 Å². The SMILES string of the molecule is O=C(CC(c1ccccc1)c1ccccc1)N1CCC(F)(C(=O)O)C1. The molecule has 2 aromatic carbocycles. The van der Waals surface area contributed by atoms with Gasteiger partial charge in [0, 0.05) is 25.3 Å². The minimum absolute atomic E-state index is 0.137. The van der Waals surface area contributed by atoms with Gasteiger partial charge in [0.2, 0.25) is 11.6 Å². The van der Waals surface area contributed by atoms with Crippen molar-refractivity contribution < 1.29 is 19.1 Å². The number of aliphatic carboxylic acids is 1. The second-order valence-electron chi connectivity index (χ2n) is 6.41. The van der Waals surface area contributed by atoms with E-state index in [9.17, 15) is 14.0 Å². The van der Waals surface area contributed by atoms with Crippen LogP contribution in [-0.2, 0) is 9.59 Å². The fourth-order valence-electron chi connectivity index (χ4n) is 3.26. The van der Waals surface area contributed by atoms with Gasteiger partial charge < -0.3 is 10.0 Å². The molecular formula is C20H20FNO3. The molecule has 0 spiro atoms. The van der Waals surface area contributed by atoms with E-state index < -0.39 is 11.6 Å². The van der Waals surface area contributed by atoms with Crippen molar-refractivity contribution in [3.05, 3.63) is 71.8 Å². The van der Waals surface area contributed by atoms with Crippen molar-refractivity contribution in [3.63, 3.8) is 0 Å². The third-order valence-electron chi connectivity index (χ3n) is 4.74. The first kappa shape index (κ1) is 17.1. The van der Waals surface area contributed by atoms with E-state index in [2.05, 4.69) is 0 Å². The zero-order chi connectivity index (χ0) is 17.9. The second kappa shape index (κ2) is 7.05. The molecule has 25 heavy (non-hydrogen) atoms. The zero-order valence-electron chi connectivity index (χ0n) is 13.8. The van der Waals surface area contributed by atoms with Crippen LogP contribution in [0.1, 0.15) is 29.9 Å². The summed E-state index contributed by atoms with van der Waals surface area (Å²) in [4.78, 5) is 25.0. The van der Waals surface area contributed by atoms with Gasteiger partial charge >= 0.3 is 5.97 Å². The van der Waals surface area contributed by atoms with Gasteiger partial charge in [0.15, 0.2) is 0 Å². The fraction of sp³-hybridized carbons (Fsp3) is 0.300. The van der Waals surface area contributed by atoms with E-state index in [1.165, 1.54) is 4.90 Å². The first-order valence-corrected chi connectivity index (χ1v) is 8.29. The Bertz CT molecular complexity index is 711. The number of amides is 1. The summed E-state index contributed by atoms with van der Waals surface area (Å²) >= 11 is 0. The number of nitrogens with zero attached hydrogens (tertiary/aromatic N) is 1. The minimum atomic E-state index is -2.33. The zero-order valence-corrected chi connectivity index (χ0v) is 13.8. The average Bonchev–Trinajstić information content (AvgIpc) is 3.05. The van der Waals surface area contributed by atoms with Gasteiger partial charge in [-0.25, -0.2) is 9.18 Å². The molecule has 0 radical (unpaired) electrons. The molecule has 0 saturated carbocycles. The van der Waals surface area contributed by atoms with Crippen LogP contribution < -0.4 is 0 Å². The Kier molecular flexibility index (Phi) is 4.83. The summed E-state index contributed by atoms with van der Waals surface area (Å²) in [6.07, 6.45) is 0.0269. The maximum Gasteiger partial charge on any atom is 0.343 e. The molecule has 0 aromatic heterocycles. The first-order chi connectivity index (χ1) is 12.0. The number of carboxylic acids is 1. The molecule has 1 aliphatic rings. The standard InChI is InChI=1S/C20H20FNO3/c21-20(19(24)25)11-12-22(14-20)18(23)13-17(15-7-3-1-4-8-15)16-9-5-2-6-10-16/h1-10,17H,11-14H2,(H,24,25). The molecule has 2 aromatic rings. The van der Waals surface area contributed by atoms with Gasteiger partial charge in [-0.1, -0.05) is 60.7 Å². The molecule has 0 aliphatic carbocycles. The third kappa shape index (κ3) is 3.71. The lowest BCUT2D eigenvalue weighted by atomic mass is 9.88. The van der Waals surface area contributed by atoms with Crippen LogP contribution in [0.25, 0.3) is 0 Å². The number of carbonyl (C=O) groups excluding carboxylic acids is 1. The first-order valence-electron chi connectivity index (χ1n) is 8.29. The molecule has 1 unspecified atom stereocenters. The number of hydrogen-bond acceptors (Lipinski definition) is 2. The minimum Gasteiger partial charge on any atom is -0.479 e. The molecule has 0 bridgehead atoms. The van der Waals surface area contributed by atoms with E-state index in [0.717, 1.165) is 11.1 Å². The number of carboxylic acid groups (broad SMARTS) is 1. The molecule has 1 amide bonds. The number of benzene rings is 2. The molecule has 1 N–H and O–H groups in total. The molecular weight excluding hydrogens is 321 g/mol. The highest BCUT2D eigenvalue weighted by Gasteiger charge is 2.47. The number of rotatable bonds is 5. The topological polar surface area (TPSA) is 57.6 Å². The molecule has 1 heterocycles. The largest absolute Gasteiger partial charge is 0.479 e. The number of carbonyl (C=O) groups is 2. The average molecular weight is 341 g/mol. The summed E-state index contributed by atoms with van der Waals surface area (Å²) in [6, 6.07) is 19.4. The van der Waals surface area contributed by atoms with Gasteiger partial charge in [-0.2, -0.15) is 0 Å². The van der Waals surface area contributed by atoms with Crippen molar-refractivity contribution in [2.45, 2.75) is 24.4 Å². The predicted octanol–water partition coefficient (Wildman–Crippen LogP) is 3.23. The fourth-order valence-corrected chi connectivity index (χ4v) is 3.26. The molecule has 1 saturated heterocycles. The number of halogens is 1. The van der Waals surface area contributed by atoms with Crippen LogP contribution in [-0.4, -0.2) is 40.6 Å². The number of likely N-dealkylation sites (tertiary alicyclic amines) is 1. The predicted molar refractivity (Wildman–Crippen MR) is 92.0 cm³/mol. The summed E-state index contributed by atoms with van der Waals surface area (Å²) in [5.74, 6) is -1.86. The van der Waals surface area contributed by atoms with Crippen LogP contribution in [0.5, 0.6) is 0 Å². The van der Waals surface area contributed by atoms with Crippen molar-refractivity contribution in [1.82, 2.24) is 4.90 Å². The third-order valence-corrected chi connectivity index (χ3v) is 4.74. The molecule has 1 aliphatic heterocycles. The smallest absolute Gasteiger partial charge is 0.343 e. The second-order valence-corrected chi connectivity index (χ2v) is 6.41. The molecule has 4 nitrogen and oxygen atoms in total. The van der Waals surface area contributed by atoms with Gasteiger partial charge in [-0.15, -0.1) is 0 Å². The monoisotopic (exact) mass is 341 g/mol. The summed E-state index contributed by atoms with van der Waals surface area (Å²) in [5, 5.41) is 9.00.